The van der Waals surface area contributed by atoms with E-state index >= 15 is 0 Å². The molecule has 0 heterocycles. The first-order chi connectivity index (χ1) is 47.0. The van der Waals surface area contributed by atoms with Gasteiger partial charge in [0.1, 0.15) is 30.5 Å². The molecule has 0 N–H and O–H groups in total. The predicted octanol–water partition coefficient (Wildman–Crippen LogP) is 18.1. The molecule has 0 aliphatic rings. The molecule has 0 atom stereocenters. The van der Waals surface area contributed by atoms with E-state index in [9.17, 15) is 28.8 Å². The van der Waals surface area contributed by atoms with Gasteiger partial charge in [-0.15, -0.1) is 0 Å². The van der Waals surface area contributed by atoms with E-state index in [1.807, 2.05) is 146 Å². The lowest BCUT2D eigenvalue weighted by Crippen LogP contribution is -2.30. The predicted molar refractivity (Wildman–Crippen MR) is 378 cm³/mol. The Morgan fingerprint density at radius 3 is 0.771 bits per heavy atom. The van der Waals surface area contributed by atoms with E-state index in [0.29, 0.717) is 39.1 Å². The van der Waals surface area contributed by atoms with Gasteiger partial charge in [0.25, 0.3) is 0 Å². The Morgan fingerprint density at radius 1 is 0.281 bits per heavy atom. The van der Waals surface area contributed by atoms with Gasteiger partial charge in [0.2, 0.25) is 0 Å². The van der Waals surface area contributed by atoms with Crippen molar-refractivity contribution in [2.24, 2.45) is 0 Å². The topological polar surface area (TPSA) is 185 Å². The Balaban J connectivity index is 0.795. The lowest BCUT2D eigenvalue weighted by atomic mass is 10.0. The highest BCUT2D eigenvalue weighted by atomic mass is 16.6. The van der Waals surface area contributed by atoms with Crippen LogP contribution >= 0.6 is 0 Å². The van der Waals surface area contributed by atoms with Gasteiger partial charge in [-0.2, -0.15) is 0 Å². The number of rotatable bonds is 47. The van der Waals surface area contributed by atoms with Crippen LogP contribution < -0.4 is 14.2 Å². The largest absolute Gasteiger partial charge is 0.497 e. The van der Waals surface area contributed by atoms with Crippen LogP contribution in [0.1, 0.15) is 171 Å². The third-order valence-corrected chi connectivity index (χ3v) is 16.2. The maximum Gasteiger partial charge on any atom is 0.330 e. The van der Waals surface area contributed by atoms with Crippen LogP contribution in [0.4, 0.5) is 0 Å². The molecular weight excluding hydrogens is 1210 g/mol. The molecular formula is C81H98O15. The van der Waals surface area contributed by atoms with E-state index in [4.69, 9.17) is 42.6 Å². The average molecular weight is 1310 g/mol. The van der Waals surface area contributed by atoms with Gasteiger partial charge in [0.15, 0.2) is 6.10 Å². The van der Waals surface area contributed by atoms with E-state index in [-0.39, 0.29) is 50.4 Å². The molecule has 0 aliphatic heterocycles. The van der Waals surface area contributed by atoms with Crippen molar-refractivity contribution in [1.82, 2.24) is 0 Å². The molecule has 0 amide bonds. The number of esters is 6. The summed E-state index contributed by atoms with van der Waals surface area (Å²) in [4.78, 5) is 75.7. The molecule has 0 saturated heterocycles. The molecule has 6 rings (SSSR count). The molecule has 0 bridgehead atoms. The maximum atomic E-state index is 13.0. The molecule has 15 nitrogen and oxygen atoms in total. The van der Waals surface area contributed by atoms with E-state index in [1.165, 1.54) is 18.2 Å². The summed E-state index contributed by atoms with van der Waals surface area (Å²) < 4.78 is 48.8. The summed E-state index contributed by atoms with van der Waals surface area (Å²) in [7, 11) is 4.93. The molecule has 6 aromatic rings. The van der Waals surface area contributed by atoms with Crippen LogP contribution in [0.25, 0.3) is 51.6 Å². The van der Waals surface area contributed by atoms with Gasteiger partial charge < -0.3 is 42.6 Å². The maximum absolute atomic E-state index is 13.0. The number of carbonyl (C=O) groups excluding carboxylic acids is 6. The van der Waals surface area contributed by atoms with Crippen molar-refractivity contribution in [1.29, 1.82) is 0 Å². The average Bonchev–Trinajstić information content (AvgIpc) is 1.25. The highest BCUT2D eigenvalue weighted by Gasteiger charge is 2.20. The Morgan fingerprint density at radius 2 is 0.510 bits per heavy atom. The van der Waals surface area contributed by atoms with Gasteiger partial charge >= 0.3 is 35.8 Å². The highest BCUT2D eigenvalue weighted by molar-refractivity contribution is 5.88. The van der Waals surface area contributed by atoms with Crippen molar-refractivity contribution in [2.75, 3.05) is 54.4 Å². The van der Waals surface area contributed by atoms with E-state index < -0.39 is 24.0 Å². The standard InChI is InChI=1S/C81H98O15/c1-88-72-49-43-69(44-50-72)66-37-28-63(29-38-66)34-55-78(84)91-58-22-16-10-4-7-13-19-25-76(82)94-61-75(96-81(87)27-21-15-9-6-12-18-24-60-93-80(86)57-36-65-32-41-68(42-33-65)71-47-53-74(90-3)54-48-71)62-95-77(83)26-20-14-8-5-11-17-23-59-92-79(85)56-35-64-30-39-67(40-31-64)70-45-51-73(89-2)52-46-70/h28-57,75H,4-27,58-62H2,1-3H3. The smallest absolute Gasteiger partial charge is 0.330 e. The molecule has 0 unspecified atom stereocenters. The summed E-state index contributed by atoms with van der Waals surface area (Å²) in [6.07, 6.45) is 27.6. The number of carbonyl (C=O) groups is 6. The van der Waals surface area contributed by atoms with Crippen molar-refractivity contribution in [2.45, 2.75) is 160 Å². The van der Waals surface area contributed by atoms with Gasteiger partial charge in [-0.3, -0.25) is 14.4 Å². The molecule has 96 heavy (non-hydrogen) atoms. The zero-order valence-corrected chi connectivity index (χ0v) is 56.5. The summed E-state index contributed by atoms with van der Waals surface area (Å²) in [6, 6.07) is 47.4. The molecule has 512 valence electrons. The summed E-state index contributed by atoms with van der Waals surface area (Å²) in [5, 5.41) is 0. The van der Waals surface area contributed by atoms with Crippen LogP contribution in [0.2, 0.25) is 0 Å². The molecule has 0 radical (unpaired) electrons. The summed E-state index contributed by atoms with van der Waals surface area (Å²) >= 11 is 0. The Kier molecular flexibility index (Phi) is 36.3. The van der Waals surface area contributed by atoms with Crippen LogP contribution in [-0.4, -0.2) is 96.3 Å². The lowest BCUT2D eigenvalue weighted by molar-refractivity contribution is -0.167. The first-order valence-electron chi connectivity index (χ1n) is 34.3. The molecule has 6 aromatic carbocycles. The number of ether oxygens (including phenoxy) is 9. The second-order valence-electron chi connectivity index (χ2n) is 23.7. The Labute approximate surface area is 568 Å². The lowest BCUT2D eigenvalue weighted by Gasteiger charge is -2.18. The molecule has 15 heteroatoms. The van der Waals surface area contributed by atoms with E-state index in [1.54, 1.807) is 39.6 Å². The number of hydrogen-bond acceptors (Lipinski definition) is 15. The first kappa shape index (κ1) is 75.8. The van der Waals surface area contributed by atoms with Crippen molar-refractivity contribution < 1.29 is 71.4 Å². The van der Waals surface area contributed by atoms with Crippen LogP contribution in [0.5, 0.6) is 17.2 Å². The fourth-order valence-corrected chi connectivity index (χ4v) is 10.5. The second-order valence-corrected chi connectivity index (χ2v) is 23.7. The minimum atomic E-state index is -0.926. The second kappa shape index (κ2) is 46.0. The van der Waals surface area contributed by atoms with E-state index in [2.05, 4.69) is 0 Å². The van der Waals surface area contributed by atoms with Crippen molar-refractivity contribution in [3.05, 3.63) is 181 Å². The summed E-state index contributed by atoms with van der Waals surface area (Å²) in [6.45, 7) is 0.638. The van der Waals surface area contributed by atoms with Gasteiger partial charge in [0, 0.05) is 37.5 Å². The zero-order chi connectivity index (χ0) is 68.1. The van der Waals surface area contributed by atoms with Crippen LogP contribution in [0, 0.1) is 0 Å². The monoisotopic (exact) mass is 1310 g/mol. The van der Waals surface area contributed by atoms with Gasteiger partial charge in [-0.05, 0) is 143 Å². The van der Waals surface area contributed by atoms with E-state index in [0.717, 1.165) is 183 Å². The van der Waals surface area contributed by atoms with Crippen molar-refractivity contribution in [3.63, 3.8) is 0 Å². The first-order valence-corrected chi connectivity index (χ1v) is 34.3. The van der Waals surface area contributed by atoms with Gasteiger partial charge in [-0.25, -0.2) is 14.4 Å². The molecule has 0 aromatic heterocycles. The minimum Gasteiger partial charge on any atom is -0.497 e. The number of methoxy groups -OCH3 is 3. The Hall–Kier alpha value is -9.24. The van der Waals surface area contributed by atoms with Crippen LogP contribution in [-0.2, 0) is 57.2 Å². The zero-order valence-electron chi connectivity index (χ0n) is 56.5. The van der Waals surface area contributed by atoms with Gasteiger partial charge in [-0.1, -0.05) is 206 Å². The number of hydrogen-bond donors (Lipinski definition) is 0. The summed E-state index contributed by atoms with van der Waals surface area (Å²) in [5.41, 5.74) is 9.15. The van der Waals surface area contributed by atoms with Crippen molar-refractivity contribution >= 4 is 54.0 Å². The van der Waals surface area contributed by atoms with Crippen LogP contribution in [0.15, 0.2) is 164 Å². The fourth-order valence-electron chi connectivity index (χ4n) is 10.5. The molecule has 0 fully saturated rings. The minimum absolute atomic E-state index is 0.186. The number of benzene rings is 6. The van der Waals surface area contributed by atoms with Gasteiger partial charge in [0.05, 0.1) is 41.2 Å². The van der Waals surface area contributed by atoms with Crippen LogP contribution in [0.3, 0.4) is 0 Å². The molecule has 0 saturated carbocycles. The number of unbranched alkanes of at least 4 members (excludes halogenated alkanes) is 18. The summed E-state index contributed by atoms with van der Waals surface area (Å²) in [5.74, 6) is 0.0466. The third kappa shape index (κ3) is 31.8. The normalized spacial score (nSPS) is 11.5. The van der Waals surface area contributed by atoms with Crippen molar-refractivity contribution in [3.8, 4) is 50.6 Å². The highest BCUT2D eigenvalue weighted by Crippen LogP contribution is 2.27. The molecule has 0 aliphatic carbocycles. The molecule has 0 spiro atoms. The Bertz CT molecular complexity index is 3140. The third-order valence-electron chi connectivity index (χ3n) is 16.2. The SMILES string of the molecule is COc1ccc(-c2ccc(C=CC(=O)OCCCCCCCCCC(=O)OCC(COC(=O)CCCCCCCCCOC(=O)C=Cc3ccc(-c4ccc(OC)cc4)cc3)OC(=O)CCCCCCCCCOC(=O)C=Cc3ccc(-c4ccc(OC)cc4)cc3)cc2)cc1. The quantitative estimate of drug-likeness (QED) is 0.0152. The fraction of sp³-hybridized carbons (Fsp3) is 0.407.